The Balaban J connectivity index is 1.21. The Morgan fingerprint density at radius 1 is 1.00 bits per heavy atom. The van der Waals surface area contributed by atoms with E-state index >= 15 is 0 Å². The summed E-state index contributed by atoms with van der Waals surface area (Å²) in [6, 6.07) is 19.5. The molecule has 0 spiro atoms. The average molecular weight is 530 g/mol. The molecule has 1 aliphatic rings. The third-order valence-electron chi connectivity index (χ3n) is 6.76. The van der Waals surface area contributed by atoms with Crippen LogP contribution in [0.5, 0.6) is 0 Å². The van der Waals surface area contributed by atoms with Gasteiger partial charge >= 0.3 is 0 Å². The van der Waals surface area contributed by atoms with E-state index in [1.54, 1.807) is 18.3 Å². The highest BCUT2D eigenvalue weighted by Gasteiger charge is 2.23. The largest absolute Gasteiger partial charge is 0.362 e. The number of pyridine rings is 1. The first-order valence-corrected chi connectivity index (χ1v) is 13.6. The highest BCUT2D eigenvalue weighted by Crippen LogP contribution is 2.32. The number of hydrogen-bond acceptors (Lipinski definition) is 9. The number of nitro benzene ring substituents is 1. The van der Waals surface area contributed by atoms with Crippen molar-refractivity contribution in [1.82, 2.24) is 20.3 Å². The molecular formula is C28H31N7O2S. The fourth-order valence-corrected chi connectivity index (χ4v) is 5.67. The Hall–Kier alpha value is -3.76. The lowest BCUT2D eigenvalue weighted by molar-refractivity contribution is -0.385. The zero-order valence-electron chi connectivity index (χ0n) is 21.5. The van der Waals surface area contributed by atoms with Crippen LogP contribution >= 0.6 is 11.8 Å². The molecule has 2 N–H and O–H groups in total. The molecule has 0 bridgehead atoms. The smallest absolute Gasteiger partial charge is 0.269 e. The Morgan fingerprint density at radius 3 is 2.50 bits per heavy atom. The summed E-state index contributed by atoms with van der Waals surface area (Å²) >= 11 is 1.53. The van der Waals surface area contributed by atoms with E-state index in [9.17, 15) is 10.1 Å². The maximum atomic E-state index is 11.4. The van der Waals surface area contributed by atoms with E-state index in [0.717, 1.165) is 57.9 Å². The molecule has 0 atom stereocenters. The van der Waals surface area contributed by atoms with Gasteiger partial charge in [0.15, 0.2) is 0 Å². The summed E-state index contributed by atoms with van der Waals surface area (Å²) < 4.78 is 0. The lowest BCUT2D eigenvalue weighted by Gasteiger charge is -2.30. The number of non-ortho nitro benzene ring substituents is 1. The van der Waals surface area contributed by atoms with Gasteiger partial charge in [-0.05, 0) is 61.6 Å². The molecule has 38 heavy (non-hydrogen) atoms. The van der Waals surface area contributed by atoms with E-state index < -0.39 is 0 Å². The normalized spacial score (nSPS) is 17.3. The van der Waals surface area contributed by atoms with Crippen LogP contribution in [-0.4, -0.2) is 46.1 Å². The maximum Gasteiger partial charge on any atom is 0.269 e. The first-order chi connectivity index (χ1) is 18.5. The number of benzene rings is 2. The van der Waals surface area contributed by atoms with Crippen molar-refractivity contribution < 1.29 is 4.92 Å². The molecule has 2 aromatic carbocycles. The number of nitrogens with zero attached hydrogens (tertiary/aromatic N) is 5. The fraction of sp³-hybridized carbons (Fsp3) is 0.321. The molecule has 10 heteroatoms. The standard InChI is InChI=1S/C28H31N7O2S/c1-34(2)27-23-7-3-4-8-24(23)32-28(33-27)31-21-12-10-20(11-13-21)30-18-19-17-22(35(36)37)14-15-25(19)38-26-9-5-6-16-29-26/h3-9,14-17,20-21,30H,10-13,18H2,1-2H3,(H,31,32,33)/t20-,21+. The molecule has 1 aliphatic carbocycles. The van der Waals surface area contributed by atoms with Crippen molar-refractivity contribution in [3.05, 3.63) is 82.5 Å². The highest BCUT2D eigenvalue weighted by atomic mass is 32.2. The molecule has 196 valence electrons. The van der Waals surface area contributed by atoms with Crippen LogP contribution < -0.4 is 15.5 Å². The van der Waals surface area contributed by atoms with Gasteiger partial charge in [-0.15, -0.1) is 0 Å². The number of fused-ring (bicyclic) bond motifs is 1. The summed E-state index contributed by atoms with van der Waals surface area (Å²) in [6.07, 6.45) is 5.75. The second-order valence-electron chi connectivity index (χ2n) is 9.68. The molecule has 2 aromatic heterocycles. The zero-order chi connectivity index (χ0) is 26.5. The number of hydrogen-bond donors (Lipinski definition) is 2. The van der Waals surface area contributed by atoms with Gasteiger partial charge in [-0.2, -0.15) is 4.98 Å². The van der Waals surface area contributed by atoms with E-state index in [0.29, 0.717) is 24.6 Å². The van der Waals surface area contributed by atoms with Crippen molar-refractivity contribution in [2.75, 3.05) is 24.3 Å². The minimum Gasteiger partial charge on any atom is -0.362 e. The number of rotatable bonds is 9. The summed E-state index contributed by atoms with van der Waals surface area (Å²) in [7, 11) is 3.99. The average Bonchev–Trinajstić information content (AvgIpc) is 2.93. The van der Waals surface area contributed by atoms with Gasteiger partial charge in [-0.1, -0.05) is 30.0 Å². The second kappa shape index (κ2) is 11.7. The highest BCUT2D eigenvalue weighted by molar-refractivity contribution is 7.99. The quantitative estimate of drug-likeness (QED) is 0.210. The minimum absolute atomic E-state index is 0.104. The Morgan fingerprint density at radius 2 is 1.76 bits per heavy atom. The summed E-state index contributed by atoms with van der Waals surface area (Å²) in [4.78, 5) is 28.0. The Kier molecular flexibility index (Phi) is 8.00. The van der Waals surface area contributed by atoms with E-state index in [-0.39, 0.29) is 10.6 Å². The molecule has 1 saturated carbocycles. The molecule has 9 nitrogen and oxygen atoms in total. The van der Waals surface area contributed by atoms with Gasteiger partial charge in [0, 0.05) is 61.3 Å². The SMILES string of the molecule is CN(C)c1nc(N[C@H]2CC[C@@H](NCc3cc([N+](=O)[O-])ccc3Sc3ccccn3)CC2)nc2ccccc12. The molecule has 2 heterocycles. The van der Waals surface area contributed by atoms with E-state index in [1.807, 2.05) is 67.5 Å². The van der Waals surface area contributed by atoms with E-state index in [1.165, 1.54) is 11.8 Å². The van der Waals surface area contributed by atoms with Crippen molar-refractivity contribution in [3.63, 3.8) is 0 Å². The molecule has 0 radical (unpaired) electrons. The van der Waals surface area contributed by atoms with Crippen molar-refractivity contribution in [2.24, 2.45) is 0 Å². The second-order valence-corrected chi connectivity index (χ2v) is 10.7. The molecular weight excluding hydrogens is 498 g/mol. The van der Waals surface area contributed by atoms with Crippen molar-refractivity contribution in [2.45, 2.75) is 54.2 Å². The van der Waals surface area contributed by atoms with Crippen LogP contribution in [0.4, 0.5) is 17.5 Å². The molecule has 0 unspecified atom stereocenters. The lowest BCUT2D eigenvalue weighted by Crippen LogP contribution is -2.37. The number of aromatic nitrogens is 3. The van der Waals surface area contributed by atoms with Gasteiger partial charge in [-0.25, -0.2) is 9.97 Å². The predicted octanol–water partition coefficient (Wildman–Crippen LogP) is 5.66. The van der Waals surface area contributed by atoms with Crippen molar-refractivity contribution in [3.8, 4) is 0 Å². The molecule has 4 aromatic rings. The molecule has 0 amide bonds. The van der Waals surface area contributed by atoms with Crippen molar-refractivity contribution >= 4 is 40.1 Å². The summed E-state index contributed by atoms with van der Waals surface area (Å²) in [5.41, 5.74) is 1.95. The first-order valence-electron chi connectivity index (χ1n) is 12.8. The third-order valence-corrected chi connectivity index (χ3v) is 7.82. The summed E-state index contributed by atoms with van der Waals surface area (Å²) in [5, 5.41) is 20.5. The van der Waals surface area contributed by atoms with Crippen molar-refractivity contribution in [1.29, 1.82) is 0 Å². The lowest BCUT2D eigenvalue weighted by atomic mass is 9.91. The monoisotopic (exact) mass is 529 g/mol. The van der Waals surface area contributed by atoms with E-state index in [4.69, 9.17) is 9.97 Å². The minimum atomic E-state index is -0.341. The first kappa shape index (κ1) is 25.9. The Bertz CT molecular complexity index is 1410. The number of nitrogens with one attached hydrogen (secondary N) is 2. The van der Waals surface area contributed by atoms with Gasteiger partial charge < -0.3 is 15.5 Å². The predicted molar refractivity (Wildman–Crippen MR) is 152 cm³/mol. The van der Waals surface area contributed by atoms with Gasteiger partial charge in [-0.3, -0.25) is 10.1 Å². The van der Waals surface area contributed by atoms with Crippen LogP contribution in [0.1, 0.15) is 31.2 Å². The fourth-order valence-electron chi connectivity index (χ4n) is 4.78. The molecule has 1 fully saturated rings. The van der Waals surface area contributed by atoms with Crippen LogP contribution in [0, 0.1) is 10.1 Å². The van der Waals surface area contributed by atoms with E-state index in [2.05, 4.69) is 15.6 Å². The van der Waals surface area contributed by atoms with Crippen LogP contribution in [0.25, 0.3) is 10.9 Å². The Labute approximate surface area is 226 Å². The van der Waals surface area contributed by atoms with Crippen LogP contribution in [0.2, 0.25) is 0 Å². The molecule has 0 aliphatic heterocycles. The molecule has 5 rings (SSSR count). The zero-order valence-corrected chi connectivity index (χ0v) is 22.3. The van der Waals surface area contributed by atoms with Gasteiger partial charge in [0.05, 0.1) is 10.4 Å². The number of nitro groups is 1. The van der Waals surface area contributed by atoms with Crippen LogP contribution in [-0.2, 0) is 6.54 Å². The van der Waals surface area contributed by atoms with Gasteiger partial charge in [0.2, 0.25) is 5.95 Å². The van der Waals surface area contributed by atoms with Gasteiger partial charge in [0.25, 0.3) is 5.69 Å². The topological polar surface area (TPSA) is 109 Å². The maximum absolute atomic E-state index is 11.4. The number of anilines is 2. The molecule has 0 saturated heterocycles. The number of para-hydroxylation sites is 1. The summed E-state index contributed by atoms with van der Waals surface area (Å²) in [5.74, 6) is 1.57. The third kappa shape index (κ3) is 6.20. The van der Waals surface area contributed by atoms with Gasteiger partial charge in [0.1, 0.15) is 10.8 Å². The summed E-state index contributed by atoms with van der Waals surface area (Å²) in [6.45, 7) is 0.569. The van der Waals surface area contributed by atoms with Crippen LogP contribution in [0.3, 0.4) is 0 Å². The van der Waals surface area contributed by atoms with Crippen LogP contribution in [0.15, 0.2) is 76.8 Å².